The van der Waals surface area contributed by atoms with E-state index in [0.29, 0.717) is 24.7 Å². The Labute approximate surface area is 147 Å². The summed E-state index contributed by atoms with van der Waals surface area (Å²) in [4.78, 5) is 17.9. The van der Waals surface area contributed by atoms with E-state index in [4.69, 9.17) is 9.26 Å². The molecule has 1 fully saturated rings. The van der Waals surface area contributed by atoms with E-state index >= 15 is 0 Å². The van der Waals surface area contributed by atoms with Crippen LogP contribution in [0, 0.1) is 6.92 Å². The maximum absolute atomic E-state index is 13.2. The Morgan fingerprint density at radius 1 is 1.35 bits per heavy atom. The fraction of sp³-hybridized carbons (Fsp3) is 0.471. The van der Waals surface area contributed by atoms with Crippen molar-refractivity contribution in [2.24, 2.45) is 0 Å². The van der Waals surface area contributed by atoms with Crippen LogP contribution in [0.2, 0.25) is 0 Å². The molecule has 0 N–H and O–H groups in total. The molecule has 1 aliphatic heterocycles. The Balaban J connectivity index is 1.67. The summed E-state index contributed by atoms with van der Waals surface area (Å²) in [5, 5.41) is 3.65. The second kappa shape index (κ2) is 7.45. The van der Waals surface area contributed by atoms with Gasteiger partial charge < -0.3 is 14.2 Å². The highest BCUT2D eigenvalue weighted by Gasteiger charge is 2.37. The highest BCUT2D eigenvalue weighted by molar-refractivity contribution is 5.76. The lowest BCUT2D eigenvalue weighted by molar-refractivity contribution is -0.143. The van der Waals surface area contributed by atoms with Gasteiger partial charge >= 0.3 is 6.18 Å². The number of carbonyl (C=O) groups is 1. The zero-order chi connectivity index (χ0) is 18.7. The van der Waals surface area contributed by atoms with Crippen molar-refractivity contribution in [3.63, 3.8) is 0 Å². The number of nitrogens with zero attached hydrogens (tertiary/aromatic N) is 3. The van der Waals surface area contributed by atoms with Gasteiger partial charge in [-0.15, -0.1) is 0 Å². The lowest BCUT2D eigenvalue weighted by atomic mass is 10.0. The predicted octanol–water partition coefficient (Wildman–Crippen LogP) is 2.93. The van der Waals surface area contributed by atoms with Crippen LogP contribution in [-0.4, -0.2) is 40.6 Å². The minimum Gasteiger partial charge on any atom is -0.370 e. The number of alkyl halides is 3. The molecule has 2 heterocycles. The summed E-state index contributed by atoms with van der Waals surface area (Å²) in [6, 6.07) is 5.29. The molecule has 1 aromatic carbocycles. The average Bonchev–Trinajstić information content (AvgIpc) is 3.04. The molecule has 3 rings (SSSR count). The first-order valence-corrected chi connectivity index (χ1v) is 8.19. The number of carbonyl (C=O) groups excluding carboxylic acids is 1. The van der Waals surface area contributed by atoms with Crippen molar-refractivity contribution in [3.8, 4) is 0 Å². The van der Waals surface area contributed by atoms with Crippen molar-refractivity contribution < 1.29 is 27.2 Å². The van der Waals surface area contributed by atoms with E-state index in [1.807, 2.05) is 0 Å². The van der Waals surface area contributed by atoms with E-state index < -0.39 is 17.8 Å². The largest absolute Gasteiger partial charge is 0.416 e. The lowest BCUT2D eigenvalue weighted by Gasteiger charge is -2.34. The van der Waals surface area contributed by atoms with Crippen LogP contribution in [-0.2, 0) is 22.1 Å². The molecule has 1 aliphatic rings. The zero-order valence-corrected chi connectivity index (χ0v) is 14.1. The van der Waals surface area contributed by atoms with Crippen LogP contribution in [0.4, 0.5) is 13.2 Å². The van der Waals surface area contributed by atoms with Crippen LogP contribution in [0.5, 0.6) is 0 Å². The number of halogens is 3. The molecule has 1 amide bonds. The maximum atomic E-state index is 13.2. The molecule has 0 saturated carbocycles. The molecule has 2 aromatic rings. The Kier molecular flexibility index (Phi) is 5.26. The summed E-state index contributed by atoms with van der Waals surface area (Å²) in [5.74, 6) is 0.671. The molecule has 0 radical (unpaired) electrons. The van der Waals surface area contributed by atoms with Gasteiger partial charge in [-0.25, -0.2) is 0 Å². The van der Waals surface area contributed by atoms with Crippen molar-refractivity contribution >= 4 is 5.91 Å². The van der Waals surface area contributed by atoms with Crippen molar-refractivity contribution in [1.82, 2.24) is 15.0 Å². The molecule has 6 nitrogen and oxygen atoms in total. The quantitative estimate of drug-likeness (QED) is 0.829. The fourth-order valence-corrected chi connectivity index (χ4v) is 2.91. The van der Waals surface area contributed by atoms with E-state index in [1.165, 1.54) is 23.1 Å². The van der Waals surface area contributed by atoms with E-state index in [2.05, 4.69) is 10.1 Å². The van der Waals surface area contributed by atoms with Gasteiger partial charge in [0.25, 0.3) is 0 Å². The summed E-state index contributed by atoms with van der Waals surface area (Å²) in [6.07, 6.45) is -4.84. The molecule has 1 saturated heterocycles. The molecular formula is C17H18F3N3O3. The van der Waals surface area contributed by atoms with Crippen LogP contribution < -0.4 is 0 Å². The fourth-order valence-electron chi connectivity index (χ4n) is 2.91. The summed E-state index contributed by atoms with van der Waals surface area (Å²) in [6.45, 7) is 2.28. The van der Waals surface area contributed by atoms with Gasteiger partial charge in [-0.1, -0.05) is 23.4 Å². The molecule has 9 heteroatoms. The number of ether oxygens (including phenoxy) is 1. The van der Waals surface area contributed by atoms with Crippen molar-refractivity contribution in [2.75, 3.05) is 19.7 Å². The first kappa shape index (κ1) is 18.4. The van der Waals surface area contributed by atoms with Crippen LogP contribution in [0.1, 0.15) is 35.4 Å². The monoisotopic (exact) mass is 369 g/mol. The van der Waals surface area contributed by atoms with E-state index in [-0.39, 0.29) is 31.0 Å². The van der Waals surface area contributed by atoms with Gasteiger partial charge in [0.2, 0.25) is 11.8 Å². The number of aryl methyl sites for hydroxylation is 2. The van der Waals surface area contributed by atoms with Gasteiger partial charge in [-0.2, -0.15) is 18.2 Å². The van der Waals surface area contributed by atoms with Gasteiger partial charge in [0.1, 0.15) is 6.10 Å². The molecular weight excluding hydrogens is 351 g/mol. The first-order valence-electron chi connectivity index (χ1n) is 8.19. The number of hydrogen-bond donors (Lipinski definition) is 0. The standard InChI is InChI=1S/C17H18F3N3O3/c1-11-21-15(26-22-11)6-7-16(24)23-8-9-25-14(10-23)12-4-2-3-5-13(12)17(18,19)20/h2-5,14H,6-10H2,1H3. The predicted molar refractivity (Wildman–Crippen MR) is 84.1 cm³/mol. The molecule has 0 aliphatic carbocycles. The highest BCUT2D eigenvalue weighted by Crippen LogP contribution is 2.36. The SMILES string of the molecule is Cc1noc(CCC(=O)N2CCOC(c3ccccc3C(F)(F)F)C2)n1. The molecule has 0 bridgehead atoms. The smallest absolute Gasteiger partial charge is 0.370 e. The summed E-state index contributed by atoms with van der Waals surface area (Å²) < 4.78 is 50.1. The highest BCUT2D eigenvalue weighted by atomic mass is 19.4. The maximum Gasteiger partial charge on any atom is 0.416 e. The zero-order valence-electron chi connectivity index (χ0n) is 14.1. The van der Waals surface area contributed by atoms with Crippen molar-refractivity contribution in [3.05, 3.63) is 47.1 Å². The van der Waals surface area contributed by atoms with Crippen molar-refractivity contribution in [2.45, 2.75) is 32.0 Å². The molecule has 1 atom stereocenters. The minimum absolute atomic E-state index is 0.0463. The van der Waals surface area contributed by atoms with Crippen LogP contribution >= 0.6 is 0 Å². The summed E-state index contributed by atoms with van der Waals surface area (Å²) in [5.41, 5.74) is -0.689. The van der Waals surface area contributed by atoms with Crippen LogP contribution in [0.25, 0.3) is 0 Å². The number of rotatable bonds is 4. The second-order valence-electron chi connectivity index (χ2n) is 6.02. The number of benzene rings is 1. The number of hydrogen-bond acceptors (Lipinski definition) is 5. The van der Waals surface area contributed by atoms with Gasteiger partial charge in [0.05, 0.1) is 18.7 Å². The lowest BCUT2D eigenvalue weighted by Crippen LogP contribution is -2.42. The van der Waals surface area contributed by atoms with Gasteiger partial charge in [0, 0.05) is 19.4 Å². The van der Waals surface area contributed by atoms with E-state index in [1.54, 1.807) is 6.92 Å². The van der Waals surface area contributed by atoms with E-state index in [9.17, 15) is 18.0 Å². The third kappa shape index (κ3) is 4.21. The third-order valence-electron chi connectivity index (χ3n) is 4.15. The van der Waals surface area contributed by atoms with Gasteiger partial charge in [-0.3, -0.25) is 4.79 Å². The third-order valence-corrected chi connectivity index (χ3v) is 4.15. The topological polar surface area (TPSA) is 68.5 Å². The molecule has 1 aromatic heterocycles. The second-order valence-corrected chi connectivity index (χ2v) is 6.02. The molecule has 1 unspecified atom stereocenters. The Morgan fingerprint density at radius 3 is 2.81 bits per heavy atom. The first-order chi connectivity index (χ1) is 12.3. The van der Waals surface area contributed by atoms with Crippen LogP contribution in [0.15, 0.2) is 28.8 Å². The Bertz CT molecular complexity index is 776. The summed E-state index contributed by atoms with van der Waals surface area (Å²) >= 11 is 0. The number of aromatic nitrogens is 2. The van der Waals surface area contributed by atoms with Gasteiger partial charge in [-0.05, 0) is 18.6 Å². The Hall–Kier alpha value is -2.42. The average molecular weight is 369 g/mol. The normalized spacial score (nSPS) is 18.2. The minimum atomic E-state index is -4.47. The Morgan fingerprint density at radius 2 is 2.12 bits per heavy atom. The summed E-state index contributed by atoms with van der Waals surface area (Å²) in [7, 11) is 0. The van der Waals surface area contributed by atoms with E-state index in [0.717, 1.165) is 6.07 Å². The van der Waals surface area contributed by atoms with Crippen molar-refractivity contribution in [1.29, 1.82) is 0 Å². The molecule has 26 heavy (non-hydrogen) atoms. The number of morpholine rings is 1. The number of amides is 1. The molecule has 140 valence electrons. The molecule has 0 spiro atoms. The van der Waals surface area contributed by atoms with Crippen LogP contribution in [0.3, 0.4) is 0 Å². The van der Waals surface area contributed by atoms with Gasteiger partial charge in [0.15, 0.2) is 5.82 Å².